The van der Waals surface area contributed by atoms with Crippen LogP contribution in [0.4, 0.5) is 13.2 Å². The topological polar surface area (TPSA) is 75.6 Å². The predicted molar refractivity (Wildman–Crippen MR) is 97.8 cm³/mol. The molecular weight excluding hydrogens is 409 g/mol. The molecule has 1 aromatic rings. The van der Waals surface area contributed by atoms with Gasteiger partial charge in [0.2, 0.25) is 15.8 Å². The number of alkyl halides is 3. The van der Waals surface area contributed by atoms with E-state index in [9.17, 15) is 21.6 Å². The third kappa shape index (κ3) is 3.66. The Labute approximate surface area is 168 Å². The number of sulfonamides is 1. The fourth-order valence-corrected chi connectivity index (χ4v) is 6.70. The van der Waals surface area contributed by atoms with Crippen LogP contribution in [0.5, 0.6) is 0 Å². The Bertz CT molecular complexity index is 886. The molecule has 3 aliphatic heterocycles. The summed E-state index contributed by atoms with van der Waals surface area (Å²) >= 11 is 0. The summed E-state index contributed by atoms with van der Waals surface area (Å²) in [4.78, 5) is 9.16. The van der Waals surface area contributed by atoms with Gasteiger partial charge in [-0.1, -0.05) is 6.92 Å². The van der Waals surface area contributed by atoms with E-state index in [-0.39, 0.29) is 28.1 Å². The van der Waals surface area contributed by atoms with Gasteiger partial charge in [0.15, 0.2) is 0 Å². The molecule has 3 aliphatic rings. The van der Waals surface area contributed by atoms with Gasteiger partial charge in [-0.25, -0.2) is 18.4 Å². The van der Waals surface area contributed by atoms with E-state index in [0.717, 1.165) is 39.1 Å². The Morgan fingerprint density at radius 2 is 1.76 bits per heavy atom. The molecule has 1 aromatic heterocycles. The molecule has 0 saturated carbocycles. The number of aromatic nitrogens is 2. The van der Waals surface area contributed by atoms with Crippen molar-refractivity contribution in [1.29, 1.82) is 0 Å². The number of hydrogen-bond donors (Lipinski definition) is 0. The van der Waals surface area contributed by atoms with Crippen LogP contribution in [0.3, 0.4) is 0 Å². The maximum absolute atomic E-state index is 13.1. The Kier molecular flexibility index (Phi) is 5.16. The smallest absolute Gasteiger partial charge is 0.381 e. The Morgan fingerprint density at radius 3 is 2.31 bits per heavy atom. The normalized spacial score (nSPS) is 23.8. The van der Waals surface area contributed by atoms with Gasteiger partial charge >= 0.3 is 6.18 Å². The molecule has 4 rings (SSSR count). The van der Waals surface area contributed by atoms with Crippen molar-refractivity contribution in [3.8, 4) is 0 Å². The summed E-state index contributed by atoms with van der Waals surface area (Å²) < 4.78 is 72.0. The van der Waals surface area contributed by atoms with Crippen LogP contribution in [-0.4, -0.2) is 73.0 Å². The summed E-state index contributed by atoms with van der Waals surface area (Å²) in [5.41, 5.74) is -0.274. The molecule has 0 aliphatic carbocycles. The quantitative estimate of drug-likeness (QED) is 0.720. The highest BCUT2D eigenvalue weighted by molar-refractivity contribution is 7.89. The average molecular weight is 434 g/mol. The molecule has 0 bridgehead atoms. The van der Waals surface area contributed by atoms with Crippen molar-refractivity contribution in [2.24, 2.45) is 5.41 Å². The zero-order valence-corrected chi connectivity index (χ0v) is 17.3. The molecule has 0 amide bonds. The van der Waals surface area contributed by atoms with Gasteiger partial charge in [-0.05, 0) is 26.2 Å². The number of nitrogens with zero attached hydrogens (tertiary/aromatic N) is 4. The molecule has 3 saturated heterocycles. The highest BCUT2D eigenvalue weighted by Gasteiger charge is 2.56. The van der Waals surface area contributed by atoms with Gasteiger partial charge in [-0.2, -0.15) is 17.5 Å². The Morgan fingerprint density at radius 1 is 1.14 bits per heavy atom. The molecule has 7 nitrogen and oxygen atoms in total. The maximum Gasteiger partial charge on any atom is 0.451 e. The van der Waals surface area contributed by atoms with Crippen molar-refractivity contribution in [2.45, 2.75) is 50.2 Å². The summed E-state index contributed by atoms with van der Waals surface area (Å²) in [6.07, 6.45) is -2.63. The summed E-state index contributed by atoms with van der Waals surface area (Å²) in [5, 5.41) is 0. The van der Waals surface area contributed by atoms with E-state index in [4.69, 9.17) is 4.74 Å². The fourth-order valence-electron chi connectivity index (χ4n) is 4.65. The number of rotatable bonds is 4. The predicted octanol–water partition coefficient (Wildman–Crippen LogP) is 1.85. The van der Waals surface area contributed by atoms with Gasteiger partial charge in [0, 0.05) is 50.8 Å². The fraction of sp³-hybridized carbons (Fsp3) is 0.778. The number of likely N-dealkylation sites (tertiary alicyclic amines) is 1. The lowest BCUT2D eigenvalue weighted by Crippen LogP contribution is -2.74. The lowest BCUT2D eigenvalue weighted by Gasteiger charge is -2.61. The van der Waals surface area contributed by atoms with Crippen LogP contribution in [0.2, 0.25) is 0 Å². The van der Waals surface area contributed by atoms with Gasteiger partial charge < -0.3 is 4.74 Å². The molecule has 3 fully saturated rings. The average Bonchev–Trinajstić information content (AvgIpc) is 2.58. The number of aryl methyl sites for hydroxylation is 2. The zero-order valence-electron chi connectivity index (χ0n) is 16.5. The highest BCUT2D eigenvalue weighted by atomic mass is 32.2. The van der Waals surface area contributed by atoms with Gasteiger partial charge in [-0.15, -0.1) is 0 Å². The maximum atomic E-state index is 13.1. The standard InChI is InChI=1S/C18H25F3N4O3S/c1-3-14-15(12(2)22-16(23-14)18(19,20)21)29(26,27)25-10-17(11-25)8-24(9-17)13-4-6-28-7-5-13/h13H,3-11H2,1-2H3. The number of halogens is 3. The van der Waals surface area contributed by atoms with Gasteiger partial charge in [0.1, 0.15) is 4.90 Å². The third-order valence-electron chi connectivity index (χ3n) is 6.10. The van der Waals surface area contributed by atoms with Crippen LogP contribution in [-0.2, 0) is 27.4 Å². The molecule has 11 heteroatoms. The minimum absolute atomic E-state index is 0.0432. The second kappa shape index (κ2) is 7.14. The molecule has 4 heterocycles. The van der Waals surface area contributed by atoms with Gasteiger partial charge in [0.05, 0.1) is 11.4 Å². The highest BCUT2D eigenvalue weighted by Crippen LogP contribution is 2.44. The van der Waals surface area contributed by atoms with Crippen molar-refractivity contribution < 1.29 is 26.3 Å². The summed E-state index contributed by atoms with van der Waals surface area (Å²) in [6, 6.07) is 0.497. The minimum atomic E-state index is -4.71. The van der Waals surface area contributed by atoms with Crippen molar-refractivity contribution in [3.63, 3.8) is 0 Å². The monoisotopic (exact) mass is 434 g/mol. The number of hydrogen-bond acceptors (Lipinski definition) is 6. The second-order valence-corrected chi connectivity index (χ2v) is 10.2. The first kappa shape index (κ1) is 21.0. The molecule has 1 spiro atoms. The SMILES string of the molecule is CCc1nc(C(F)(F)F)nc(C)c1S(=O)(=O)N1CC2(CN(C3CCOCC3)C2)C1. The molecule has 162 valence electrons. The molecule has 0 atom stereocenters. The summed E-state index contributed by atoms with van der Waals surface area (Å²) in [6.45, 7) is 6.91. The molecule has 0 radical (unpaired) electrons. The van der Waals surface area contributed by atoms with Gasteiger partial charge in [0.25, 0.3) is 0 Å². The molecule has 29 heavy (non-hydrogen) atoms. The number of ether oxygens (including phenoxy) is 1. The minimum Gasteiger partial charge on any atom is -0.381 e. The van der Waals surface area contributed by atoms with Crippen molar-refractivity contribution >= 4 is 10.0 Å². The van der Waals surface area contributed by atoms with E-state index in [1.54, 1.807) is 6.92 Å². The Hall–Kier alpha value is -1.30. The van der Waals surface area contributed by atoms with Crippen LogP contribution < -0.4 is 0 Å². The largest absolute Gasteiger partial charge is 0.451 e. The summed E-state index contributed by atoms with van der Waals surface area (Å²) in [5.74, 6) is -1.29. The Balaban J connectivity index is 1.48. The van der Waals surface area contributed by atoms with E-state index in [1.807, 2.05) is 0 Å². The van der Waals surface area contributed by atoms with E-state index in [1.165, 1.54) is 11.2 Å². The van der Waals surface area contributed by atoms with E-state index < -0.39 is 22.0 Å². The van der Waals surface area contributed by atoms with E-state index in [0.29, 0.717) is 19.1 Å². The third-order valence-corrected chi connectivity index (χ3v) is 8.08. The van der Waals surface area contributed by atoms with E-state index >= 15 is 0 Å². The lowest BCUT2D eigenvalue weighted by atomic mass is 9.73. The van der Waals surface area contributed by atoms with Crippen LogP contribution in [0.15, 0.2) is 4.90 Å². The first-order valence-electron chi connectivity index (χ1n) is 9.82. The first-order valence-corrected chi connectivity index (χ1v) is 11.3. The van der Waals surface area contributed by atoms with Crippen molar-refractivity contribution in [1.82, 2.24) is 19.2 Å². The van der Waals surface area contributed by atoms with Crippen LogP contribution in [0, 0.1) is 12.3 Å². The first-order chi connectivity index (χ1) is 13.6. The molecule has 0 unspecified atom stereocenters. The van der Waals surface area contributed by atoms with Crippen LogP contribution in [0.25, 0.3) is 0 Å². The lowest BCUT2D eigenvalue weighted by molar-refractivity contribution is -0.145. The van der Waals surface area contributed by atoms with Crippen LogP contribution >= 0.6 is 0 Å². The molecular formula is C18H25F3N4O3S. The van der Waals surface area contributed by atoms with Crippen molar-refractivity contribution in [2.75, 3.05) is 39.4 Å². The van der Waals surface area contributed by atoms with Gasteiger partial charge in [-0.3, -0.25) is 4.90 Å². The van der Waals surface area contributed by atoms with E-state index in [2.05, 4.69) is 14.9 Å². The molecule has 0 aromatic carbocycles. The molecule has 0 N–H and O–H groups in total. The van der Waals surface area contributed by atoms with Crippen LogP contribution in [0.1, 0.15) is 37.0 Å². The summed E-state index contributed by atoms with van der Waals surface area (Å²) in [7, 11) is -3.93. The van der Waals surface area contributed by atoms with Crippen molar-refractivity contribution in [3.05, 3.63) is 17.2 Å². The zero-order chi connectivity index (χ0) is 21.0. The second-order valence-electron chi connectivity index (χ2n) is 8.28.